The zero-order chi connectivity index (χ0) is 24.3. The molecule has 1 aromatic carbocycles. The third-order valence-corrected chi connectivity index (χ3v) is 10.0. The second-order valence-corrected chi connectivity index (χ2v) is 11.2. The maximum absolute atomic E-state index is 15.1. The standard InChI is InChI=1S/C23H23F2N5O3S/c1-22(18-5-7-23(12-24,21(26)30-22)34(18,31)32)16-10-14(3-4-17(16)25)29-20-19-13(6-8-27-20)9-15(33-2)11-28-19/h3-4,6,8-11,18H,5,7,12H2,1-2H3,(H2,26,30)(H,27,29)/t18?,22-,23-/m1/s1. The van der Waals surface area contributed by atoms with E-state index in [0.29, 0.717) is 22.8 Å². The Morgan fingerprint density at radius 3 is 2.79 bits per heavy atom. The summed E-state index contributed by atoms with van der Waals surface area (Å²) in [4.78, 5) is 13.1. The van der Waals surface area contributed by atoms with E-state index in [1.165, 1.54) is 25.1 Å². The van der Waals surface area contributed by atoms with Gasteiger partial charge in [-0.2, -0.15) is 0 Å². The van der Waals surface area contributed by atoms with E-state index in [9.17, 15) is 12.8 Å². The molecule has 8 nitrogen and oxygen atoms in total. The lowest BCUT2D eigenvalue weighted by molar-refractivity contribution is 0.413. The number of hydrogen-bond acceptors (Lipinski definition) is 8. The number of nitrogens with one attached hydrogen (secondary N) is 1. The van der Waals surface area contributed by atoms with Gasteiger partial charge in [0, 0.05) is 22.8 Å². The number of aromatic nitrogens is 2. The lowest BCUT2D eigenvalue weighted by atomic mass is 9.86. The van der Waals surface area contributed by atoms with Crippen LogP contribution < -0.4 is 15.8 Å². The molecule has 0 spiro atoms. The molecule has 4 heterocycles. The predicted octanol–water partition coefficient (Wildman–Crippen LogP) is 3.39. The summed E-state index contributed by atoms with van der Waals surface area (Å²) in [5, 5.41) is 2.83. The minimum absolute atomic E-state index is 0.0238. The number of fused-ring (bicyclic) bond motifs is 3. The van der Waals surface area contributed by atoms with Crippen molar-refractivity contribution in [3.8, 4) is 5.75 Å². The van der Waals surface area contributed by atoms with Gasteiger partial charge in [-0.3, -0.25) is 4.99 Å². The molecule has 34 heavy (non-hydrogen) atoms. The van der Waals surface area contributed by atoms with Gasteiger partial charge in [-0.1, -0.05) is 0 Å². The van der Waals surface area contributed by atoms with Crippen molar-refractivity contribution in [2.75, 3.05) is 19.1 Å². The minimum atomic E-state index is -4.02. The third-order valence-electron chi connectivity index (χ3n) is 6.98. The van der Waals surface area contributed by atoms with E-state index in [4.69, 9.17) is 10.5 Å². The molecule has 2 aromatic heterocycles. The number of ether oxygens (including phenoxy) is 1. The molecule has 11 heteroatoms. The van der Waals surface area contributed by atoms with Crippen LogP contribution in [0.5, 0.6) is 5.75 Å². The summed E-state index contributed by atoms with van der Waals surface area (Å²) in [6.07, 6.45) is 3.33. The SMILES string of the molecule is COc1cnc2c(Nc3ccc(F)c([C@@]4(C)N=C(N)[C@]5(CF)CCC4S5(=O)=O)c3)nccc2c1. The van der Waals surface area contributed by atoms with Gasteiger partial charge in [0.25, 0.3) is 0 Å². The van der Waals surface area contributed by atoms with Crippen LogP contribution in [-0.2, 0) is 15.4 Å². The van der Waals surface area contributed by atoms with Crippen molar-refractivity contribution in [1.82, 2.24) is 9.97 Å². The first-order valence-corrected chi connectivity index (χ1v) is 12.2. The Balaban J connectivity index is 1.59. The highest BCUT2D eigenvalue weighted by Gasteiger charge is 2.65. The summed E-state index contributed by atoms with van der Waals surface area (Å²) in [7, 11) is -2.47. The molecule has 2 aliphatic heterocycles. The summed E-state index contributed by atoms with van der Waals surface area (Å²) in [5.74, 6) is 0.0852. The molecule has 2 aliphatic rings. The van der Waals surface area contributed by atoms with Crippen molar-refractivity contribution >= 4 is 38.1 Å². The van der Waals surface area contributed by atoms with Gasteiger partial charge in [0.1, 0.15) is 35.1 Å². The highest BCUT2D eigenvalue weighted by Crippen LogP contribution is 2.52. The van der Waals surface area contributed by atoms with Gasteiger partial charge >= 0.3 is 0 Å². The van der Waals surface area contributed by atoms with Crippen LogP contribution in [0.2, 0.25) is 0 Å². The molecule has 3 N–H and O–H groups in total. The molecule has 3 atom stereocenters. The summed E-state index contributed by atoms with van der Waals surface area (Å²) in [6.45, 7) is 0.383. The summed E-state index contributed by atoms with van der Waals surface area (Å²) >= 11 is 0. The minimum Gasteiger partial charge on any atom is -0.495 e. The second-order valence-electron chi connectivity index (χ2n) is 8.77. The van der Waals surface area contributed by atoms with Crippen LogP contribution in [0.3, 0.4) is 0 Å². The molecule has 2 bridgehead atoms. The van der Waals surface area contributed by atoms with Crippen molar-refractivity contribution in [2.24, 2.45) is 10.7 Å². The van der Waals surface area contributed by atoms with Gasteiger partial charge in [-0.05, 0) is 50.1 Å². The number of rotatable bonds is 5. The summed E-state index contributed by atoms with van der Waals surface area (Å²) in [6, 6.07) is 7.83. The molecule has 0 aliphatic carbocycles. The average Bonchev–Trinajstić information content (AvgIpc) is 3.03. The zero-order valence-electron chi connectivity index (χ0n) is 18.5. The molecule has 0 saturated carbocycles. The molecular formula is C23H23F2N5O3S. The lowest BCUT2D eigenvalue weighted by Crippen LogP contribution is -2.58. The summed E-state index contributed by atoms with van der Waals surface area (Å²) in [5.41, 5.74) is 5.60. The van der Waals surface area contributed by atoms with Crippen LogP contribution in [0.1, 0.15) is 25.3 Å². The topological polar surface area (TPSA) is 120 Å². The zero-order valence-corrected chi connectivity index (χ0v) is 19.4. The highest BCUT2D eigenvalue weighted by atomic mass is 32.2. The average molecular weight is 488 g/mol. The van der Waals surface area contributed by atoms with E-state index >= 15 is 4.39 Å². The second kappa shape index (κ2) is 7.59. The Hall–Kier alpha value is -3.34. The molecule has 1 fully saturated rings. The van der Waals surface area contributed by atoms with Gasteiger partial charge in [-0.15, -0.1) is 0 Å². The van der Waals surface area contributed by atoms with Crippen LogP contribution >= 0.6 is 0 Å². The molecule has 178 valence electrons. The number of nitrogens with two attached hydrogens (primary N) is 1. The predicted molar refractivity (Wildman–Crippen MR) is 125 cm³/mol. The Bertz CT molecular complexity index is 1450. The third kappa shape index (κ3) is 2.99. The molecule has 1 unspecified atom stereocenters. The van der Waals surface area contributed by atoms with E-state index < -0.39 is 37.9 Å². The van der Waals surface area contributed by atoms with Crippen LogP contribution in [0.25, 0.3) is 10.9 Å². The van der Waals surface area contributed by atoms with Gasteiger partial charge < -0.3 is 15.8 Å². The molecular weight excluding hydrogens is 464 g/mol. The first-order chi connectivity index (χ1) is 16.2. The Morgan fingerprint density at radius 2 is 2.06 bits per heavy atom. The number of alkyl halides is 1. The van der Waals surface area contributed by atoms with E-state index in [2.05, 4.69) is 20.3 Å². The Labute approximate surface area is 195 Å². The Kier molecular flexibility index (Phi) is 5.01. The quantitative estimate of drug-likeness (QED) is 0.566. The number of aliphatic imine (C=N–C) groups is 1. The maximum atomic E-state index is 15.1. The number of anilines is 2. The number of hydrogen-bond donors (Lipinski definition) is 2. The molecule has 0 amide bonds. The van der Waals surface area contributed by atoms with Crippen molar-refractivity contribution in [1.29, 1.82) is 0 Å². The van der Waals surface area contributed by atoms with Crippen LogP contribution in [-0.4, -0.2) is 48.0 Å². The smallest absolute Gasteiger partial charge is 0.171 e. The van der Waals surface area contributed by atoms with Crippen molar-refractivity contribution in [3.05, 3.63) is 54.1 Å². The van der Waals surface area contributed by atoms with E-state index in [1.807, 2.05) is 6.07 Å². The number of methoxy groups -OCH3 is 1. The number of benzene rings is 1. The van der Waals surface area contributed by atoms with Crippen molar-refractivity contribution in [3.63, 3.8) is 0 Å². The van der Waals surface area contributed by atoms with Crippen LogP contribution in [0.15, 0.2) is 47.7 Å². The fourth-order valence-corrected chi connectivity index (χ4v) is 7.68. The molecule has 3 aromatic rings. The molecule has 0 radical (unpaired) electrons. The number of pyridine rings is 2. The van der Waals surface area contributed by atoms with Crippen LogP contribution in [0.4, 0.5) is 20.3 Å². The largest absolute Gasteiger partial charge is 0.495 e. The van der Waals surface area contributed by atoms with Crippen LogP contribution in [0, 0.1) is 5.82 Å². The van der Waals surface area contributed by atoms with Crippen molar-refractivity contribution in [2.45, 2.75) is 35.3 Å². The van der Waals surface area contributed by atoms with E-state index in [0.717, 1.165) is 5.39 Å². The summed E-state index contributed by atoms with van der Waals surface area (Å²) < 4.78 is 58.9. The number of nitrogens with zero attached hydrogens (tertiary/aromatic N) is 3. The monoisotopic (exact) mass is 487 g/mol. The number of halogens is 2. The molecule has 5 rings (SSSR count). The van der Waals surface area contributed by atoms with Gasteiger partial charge in [-0.25, -0.2) is 27.2 Å². The molecule has 1 saturated heterocycles. The van der Waals surface area contributed by atoms with Gasteiger partial charge in [0.05, 0.1) is 18.6 Å². The lowest BCUT2D eigenvalue weighted by Gasteiger charge is -2.39. The van der Waals surface area contributed by atoms with E-state index in [-0.39, 0.29) is 24.2 Å². The fourth-order valence-electron chi connectivity index (χ4n) is 5.03. The first kappa shape index (κ1) is 22.5. The number of amidine groups is 1. The maximum Gasteiger partial charge on any atom is 0.171 e. The van der Waals surface area contributed by atoms with Gasteiger partial charge in [0.2, 0.25) is 0 Å². The van der Waals surface area contributed by atoms with E-state index in [1.54, 1.807) is 25.6 Å². The first-order valence-electron chi connectivity index (χ1n) is 10.7. The normalized spacial score (nSPS) is 27.4. The van der Waals surface area contributed by atoms with Gasteiger partial charge in [0.15, 0.2) is 20.4 Å². The fraction of sp³-hybridized carbons (Fsp3) is 0.348. The number of sulfone groups is 1. The highest BCUT2D eigenvalue weighted by molar-refractivity contribution is 7.94. The van der Waals surface area contributed by atoms with Crippen molar-refractivity contribution < 1.29 is 21.9 Å². The Morgan fingerprint density at radius 1 is 1.26 bits per heavy atom.